The summed E-state index contributed by atoms with van der Waals surface area (Å²) >= 11 is 0. The van der Waals surface area contributed by atoms with E-state index in [2.05, 4.69) is 13.5 Å². The van der Waals surface area contributed by atoms with Gasteiger partial charge < -0.3 is 5.11 Å². The van der Waals surface area contributed by atoms with E-state index in [1.54, 1.807) is 0 Å². The summed E-state index contributed by atoms with van der Waals surface area (Å²) in [6.07, 6.45) is 30.9. The number of rotatable bonds is 25. The fraction of sp³-hybridized carbons (Fsp3) is 0.893. The van der Waals surface area contributed by atoms with Gasteiger partial charge in [0.05, 0.1) is 0 Å². The molecule has 178 valence electrons. The number of hydrogen-bond acceptors (Lipinski definition) is 1. The zero-order chi connectivity index (χ0) is 22.1. The van der Waals surface area contributed by atoms with Crippen molar-refractivity contribution in [3.05, 3.63) is 12.2 Å². The van der Waals surface area contributed by atoms with Gasteiger partial charge in [0.2, 0.25) is 0 Å². The van der Waals surface area contributed by atoms with E-state index in [0.29, 0.717) is 6.42 Å². The molecule has 0 unspecified atom stereocenters. The Morgan fingerprint density at radius 2 is 0.767 bits per heavy atom. The van der Waals surface area contributed by atoms with E-state index < -0.39 is 5.97 Å². The largest absolute Gasteiger partial charge is 0.481 e. The fourth-order valence-corrected chi connectivity index (χ4v) is 4.23. The van der Waals surface area contributed by atoms with Crippen LogP contribution in [-0.2, 0) is 4.79 Å². The summed E-state index contributed by atoms with van der Waals surface area (Å²) in [5.74, 6) is -0.653. The van der Waals surface area contributed by atoms with E-state index >= 15 is 0 Å². The van der Waals surface area contributed by atoms with Crippen LogP contribution in [0.15, 0.2) is 12.2 Å². The van der Waals surface area contributed by atoms with E-state index in [4.69, 9.17) is 5.11 Å². The van der Waals surface area contributed by atoms with E-state index in [-0.39, 0.29) is 0 Å². The van der Waals surface area contributed by atoms with Crippen LogP contribution < -0.4 is 0 Å². The van der Waals surface area contributed by atoms with Crippen LogP contribution in [0.3, 0.4) is 0 Å². The van der Waals surface area contributed by atoms with E-state index in [1.807, 2.05) is 0 Å². The molecule has 0 bridgehead atoms. The molecule has 0 aromatic rings. The third-order valence-electron chi connectivity index (χ3n) is 6.30. The van der Waals surface area contributed by atoms with Crippen molar-refractivity contribution in [3.63, 3.8) is 0 Å². The summed E-state index contributed by atoms with van der Waals surface area (Å²) < 4.78 is 0. The van der Waals surface area contributed by atoms with E-state index in [9.17, 15) is 4.79 Å². The number of carboxylic acid groups (broad SMARTS) is 1. The second-order valence-electron chi connectivity index (χ2n) is 9.46. The molecular formula is C28H54O2. The lowest BCUT2D eigenvalue weighted by Crippen LogP contribution is -1.93. The van der Waals surface area contributed by atoms with Crippen molar-refractivity contribution in [2.45, 2.75) is 161 Å². The summed E-state index contributed by atoms with van der Waals surface area (Å²) in [7, 11) is 0. The third kappa shape index (κ3) is 25.2. The molecule has 0 saturated carbocycles. The molecule has 30 heavy (non-hydrogen) atoms. The van der Waals surface area contributed by atoms with Gasteiger partial charge in [-0.3, -0.25) is 4.79 Å². The summed E-state index contributed by atoms with van der Waals surface area (Å²) in [5, 5.41) is 8.60. The molecule has 0 aromatic carbocycles. The van der Waals surface area contributed by atoms with Gasteiger partial charge in [-0.2, -0.15) is 0 Å². The van der Waals surface area contributed by atoms with Crippen molar-refractivity contribution >= 4 is 5.97 Å². The van der Waals surface area contributed by atoms with Crippen LogP contribution in [0.4, 0.5) is 0 Å². The molecule has 1 N–H and O–H groups in total. The Morgan fingerprint density at radius 1 is 0.500 bits per heavy atom. The molecule has 0 aromatic heterocycles. The smallest absolute Gasteiger partial charge is 0.303 e. The number of hydrogen-bond donors (Lipinski definition) is 1. The van der Waals surface area contributed by atoms with Crippen LogP contribution in [0.25, 0.3) is 0 Å². The maximum absolute atomic E-state index is 10.4. The zero-order valence-corrected chi connectivity index (χ0v) is 20.5. The molecule has 0 amide bonds. The maximum atomic E-state index is 10.4. The van der Waals surface area contributed by atoms with Crippen LogP contribution in [-0.4, -0.2) is 11.1 Å². The lowest BCUT2D eigenvalue weighted by atomic mass is 10.0. The molecule has 2 nitrogen and oxygen atoms in total. The summed E-state index contributed by atoms with van der Waals surface area (Å²) in [5.41, 5.74) is 1.49. The predicted octanol–water partition coefficient (Wildman–Crippen LogP) is 10.0. The van der Waals surface area contributed by atoms with Crippen molar-refractivity contribution in [3.8, 4) is 0 Å². The Hall–Kier alpha value is -0.790. The molecule has 0 aliphatic heterocycles. The van der Waals surface area contributed by atoms with Gasteiger partial charge in [-0.05, 0) is 32.1 Å². The van der Waals surface area contributed by atoms with Crippen molar-refractivity contribution in [1.29, 1.82) is 0 Å². The monoisotopic (exact) mass is 422 g/mol. The first kappa shape index (κ1) is 29.2. The highest BCUT2D eigenvalue weighted by atomic mass is 16.4. The minimum Gasteiger partial charge on any atom is -0.481 e. The Bertz CT molecular complexity index is 375. The van der Waals surface area contributed by atoms with E-state index in [1.165, 1.54) is 140 Å². The lowest BCUT2D eigenvalue weighted by molar-refractivity contribution is -0.137. The molecule has 0 heterocycles. The van der Waals surface area contributed by atoms with Gasteiger partial charge in [0.15, 0.2) is 0 Å². The van der Waals surface area contributed by atoms with Gasteiger partial charge >= 0.3 is 5.97 Å². The van der Waals surface area contributed by atoms with Gasteiger partial charge in [-0.1, -0.05) is 135 Å². The highest BCUT2D eigenvalue weighted by Crippen LogP contribution is 2.17. The summed E-state index contributed by atoms with van der Waals surface area (Å²) in [4.78, 5) is 10.4. The lowest BCUT2D eigenvalue weighted by Gasteiger charge is -2.06. The van der Waals surface area contributed by atoms with Crippen LogP contribution in [0.2, 0.25) is 0 Å². The normalized spacial score (nSPS) is 11.1. The summed E-state index contributed by atoms with van der Waals surface area (Å²) in [6.45, 7) is 6.55. The average molecular weight is 423 g/mol. The Labute approximate surface area is 189 Å². The van der Waals surface area contributed by atoms with Crippen molar-refractivity contribution < 1.29 is 9.90 Å². The number of unbranched alkanes of at least 4 members (excludes halogenated alkanes) is 19. The first-order valence-corrected chi connectivity index (χ1v) is 13.5. The highest BCUT2D eigenvalue weighted by Gasteiger charge is 1.98. The quantitative estimate of drug-likeness (QED) is 0.117. The fourth-order valence-electron chi connectivity index (χ4n) is 4.23. The van der Waals surface area contributed by atoms with Crippen LogP contribution in [0, 0.1) is 0 Å². The standard InChI is InChI=1S/C28H54O2/c1-3-4-5-18-21-24-27(2)25-22-19-16-14-12-10-8-6-7-9-11-13-15-17-20-23-26-28(29)30/h2-26H2,1H3,(H,29,30). The number of allylic oxidation sites excluding steroid dienone is 1. The molecule has 0 rings (SSSR count). The van der Waals surface area contributed by atoms with Crippen LogP contribution in [0.1, 0.15) is 161 Å². The number of aliphatic carboxylic acids is 1. The zero-order valence-electron chi connectivity index (χ0n) is 20.5. The second kappa shape index (κ2) is 24.5. The SMILES string of the molecule is C=C(CCCCCCC)CCCCCCCCCCCCCCCCCCC(=O)O. The topological polar surface area (TPSA) is 37.3 Å². The molecule has 0 fully saturated rings. The maximum Gasteiger partial charge on any atom is 0.303 e. The van der Waals surface area contributed by atoms with Gasteiger partial charge in [-0.25, -0.2) is 0 Å². The molecule has 0 atom stereocenters. The predicted molar refractivity (Wildman–Crippen MR) is 133 cm³/mol. The molecule has 2 heteroatoms. The van der Waals surface area contributed by atoms with E-state index in [0.717, 1.165) is 12.8 Å². The van der Waals surface area contributed by atoms with Crippen molar-refractivity contribution in [2.75, 3.05) is 0 Å². The second-order valence-corrected chi connectivity index (χ2v) is 9.46. The van der Waals surface area contributed by atoms with Crippen molar-refractivity contribution in [2.24, 2.45) is 0 Å². The number of carbonyl (C=O) groups is 1. The Balaban J connectivity index is 3.11. The van der Waals surface area contributed by atoms with Gasteiger partial charge in [0.1, 0.15) is 0 Å². The molecule has 0 aliphatic rings. The third-order valence-corrected chi connectivity index (χ3v) is 6.30. The van der Waals surface area contributed by atoms with Crippen molar-refractivity contribution in [1.82, 2.24) is 0 Å². The Kier molecular flexibility index (Phi) is 23.8. The van der Waals surface area contributed by atoms with Crippen LogP contribution >= 0.6 is 0 Å². The number of carboxylic acids is 1. The Morgan fingerprint density at radius 3 is 1.07 bits per heavy atom. The highest BCUT2D eigenvalue weighted by molar-refractivity contribution is 5.66. The molecule has 0 aliphatic carbocycles. The average Bonchev–Trinajstić information content (AvgIpc) is 2.72. The van der Waals surface area contributed by atoms with Gasteiger partial charge in [-0.15, -0.1) is 0 Å². The molecular weight excluding hydrogens is 368 g/mol. The van der Waals surface area contributed by atoms with Gasteiger partial charge in [0.25, 0.3) is 0 Å². The molecule has 0 spiro atoms. The summed E-state index contributed by atoms with van der Waals surface area (Å²) in [6, 6.07) is 0. The first-order valence-electron chi connectivity index (χ1n) is 13.5. The first-order chi connectivity index (χ1) is 14.7. The minimum atomic E-state index is -0.653. The van der Waals surface area contributed by atoms with Gasteiger partial charge in [0, 0.05) is 6.42 Å². The molecule has 0 saturated heterocycles. The molecule has 0 radical (unpaired) electrons. The van der Waals surface area contributed by atoms with Crippen LogP contribution in [0.5, 0.6) is 0 Å². The minimum absolute atomic E-state index is 0.342.